The number of hydrogen-bond acceptors (Lipinski definition) is 2. The highest BCUT2D eigenvalue weighted by atomic mass is 79.9. The molecular weight excluding hydrogens is 224 g/mol. The lowest BCUT2D eigenvalue weighted by Gasteiger charge is -1.97. The van der Waals surface area contributed by atoms with Crippen molar-refractivity contribution in [1.29, 1.82) is 0 Å². The quantitative estimate of drug-likeness (QED) is 0.621. The summed E-state index contributed by atoms with van der Waals surface area (Å²) in [5.74, 6) is 0. The van der Waals surface area contributed by atoms with Crippen LogP contribution in [0.5, 0.6) is 0 Å². The van der Waals surface area contributed by atoms with E-state index in [0.29, 0.717) is 11.4 Å². The molecule has 0 saturated heterocycles. The molecule has 1 rings (SSSR count). The van der Waals surface area contributed by atoms with Crippen LogP contribution in [0.3, 0.4) is 0 Å². The number of rotatable bonds is 2. The maximum Gasteiger partial charge on any atom is 0.106 e. The van der Waals surface area contributed by atoms with Gasteiger partial charge in [-0.15, -0.1) is 0 Å². The van der Waals surface area contributed by atoms with Gasteiger partial charge in [-0.05, 0) is 28.1 Å². The van der Waals surface area contributed by atoms with E-state index in [4.69, 9.17) is 18.0 Å². The van der Waals surface area contributed by atoms with Gasteiger partial charge in [-0.1, -0.05) is 18.3 Å². The minimum absolute atomic E-state index is 0.468. The molecule has 2 N–H and O–H groups in total. The molecule has 0 radical (unpaired) electrons. The summed E-state index contributed by atoms with van der Waals surface area (Å²) < 4.78 is 0.811. The van der Waals surface area contributed by atoms with Gasteiger partial charge in [0.15, 0.2) is 0 Å². The maximum atomic E-state index is 5.35. The number of thiocarbonyl (C=S) groups is 1. The van der Waals surface area contributed by atoms with E-state index in [1.807, 2.05) is 18.2 Å². The fourth-order valence-corrected chi connectivity index (χ4v) is 1.26. The number of halogens is 1. The van der Waals surface area contributed by atoms with E-state index in [1.54, 1.807) is 0 Å². The first-order valence-electron chi connectivity index (χ1n) is 3.08. The second-order valence-corrected chi connectivity index (χ2v) is 3.43. The highest BCUT2D eigenvalue weighted by molar-refractivity contribution is 9.10. The molecule has 0 aromatic carbocycles. The number of nitrogens with two attached hydrogens (primary N) is 1. The van der Waals surface area contributed by atoms with Crippen LogP contribution in [0.25, 0.3) is 0 Å². The van der Waals surface area contributed by atoms with Crippen LogP contribution in [-0.2, 0) is 6.42 Å². The molecule has 0 aliphatic rings. The van der Waals surface area contributed by atoms with Crippen LogP contribution < -0.4 is 5.73 Å². The summed E-state index contributed by atoms with van der Waals surface area (Å²) in [4.78, 5) is 4.63. The molecule has 0 bridgehead atoms. The number of pyridine rings is 1. The molecule has 11 heavy (non-hydrogen) atoms. The van der Waals surface area contributed by atoms with Crippen LogP contribution in [0.1, 0.15) is 5.69 Å². The Bertz CT molecular complexity index is 275. The summed E-state index contributed by atoms with van der Waals surface area (Å²) in [7, 11) is 0. The summed E-state index contributed by atoms with van der Waals surface area (Å²) in [6.45, 7) is 0. The highest BCUT2D eigenvalue weighted by Gasteiger charge is 1.96. The van der Waals surface area contributed by atoms with Gasteiger partial charge < -0.3 is 5.73 Å². The summed E-state index contributed by atoms with van der Waals surface area (Å²) in [5.41, 5.74) is 6.25. The molecule has 58 valence electrons. The Morgan fingerprint density at radius 2 is 2.36 bits per heavy atom. The van der Waals surface area contributed by atoms with Crippen LogP contribution in [0, 0.1) is 0 Å². The van der Waals surface area contributed by atoms with Crippen molar-refractivity contribution in [2.24, 2.45) is 5.73 Å². The van der Waals surface area contributed by atoms with Gasteiger partial charge in [-0.3, -0.25) is 0 Å². The second kappa shape index (κ2) is 3.78. The third kappa shape index (κ3) is 2.95. The van der Waals surface area contributed by atoms with Gasteiger partial charge in [-0.2, -0.15) is 0 Å². The summed E-state index contributed by atoms with van der Waals surface area (Å²) in [5, 5.41) is 0. The van der Waals surface area contributed by atoms with Crippen molar-refractivity contribution < 1.29 is 0 Å². The first kappa shape index (κ1) is 8.62. The highest BCUT2D eigenvalue weighted by Crippen LogP contribution is 2.06. The van der Waals surface area contributed by atoms with Crippen molar-refractivity contribution in [2.45, 2.75) is 6.42 Å². The zero-order valence-corrected chi connectivity index (χ0v) is 8.15. The Balaban J connectivity index is 2.79. The van der Waals surface area contributed by atoms with Crippen molar-refractivity contribution in [3.63, 3.8) is 0 Å². The number of nitrogens with zero attached hydrogens (tertiary/aromatic N) is 1. The van der Waals surface area contributed by atoms with E-state index >= 15 is 0 Å². The molecule has 1 aromatic heterocycles. The summed E-state index contributed by atoms with van der Waals surface area (Å²) >= 11 is 8.00. The van der Waals surface area contributed by atoms with Gasteiger partial charge in [0.2, 0.25) is 0 Å². The lowest BCUT2D eigenvalue weighted by Crippen LogP contribution is -2.11. The van der Waals surface area contributed by atoms with Crippen LogP contribution in [0.4, 0.5) is 0 Å². The van der Waals surface area contributed by atoms with Gasteiger partial charge in [0.25, 0.3) is 0 Å². The SMILES string of the molecule is NC(=S)Cc1cccc(Br)n1. The van der Waals surface area contributed by atoms with Crippen molar-refractivity contribution in [1.82, 2.24) is 4.98 Å². The molecule has 0 saturated carbocycles. The van der Waals surface area contributed by atoms with Crippen molar-refractivity contribution in [3.8, 4) is 0 Å². The fourth-order valence-electron chi connectivity index (χ4n) is 0.727. The Morgan fingerprint density at radius 1 is 1.64 bits per heavy atom. The lowest BCUT2D eigenvalue weighted by molar-refractivity contribution is 1.12. The molecule has 2 nitrogen and oxygen atoms in total. The van der Waals surface area contributed by atoms with Gasteiger partial charge in [0, 0.05) is 12.1 Å². The van der Waals surface area contributed by atoms with E-state index in [9.17, 15) is 0 Å². The van der Waals surface area contributed by atoms with E-state index < -0.39 is 0 Å². The van der Waals surface area contributed by atoms with Gasteiger partial charge >= 0.3 is 0 Å². The van der Waals surface area contributed by atoms with Crippen molar-refractivity contribution in [3.05, 3.63) is 28.5 Å². The van der Waals surface area contributed by atoms with Crippen molar-refractivity contribution >= 4 is 33.1 Å². The molecule has 0 aliphatic carbocycles. The minimum Gasteiger partial charge on any atom is -0.393 e. The summed E-state index contributed by atoms with van der Waals surface area (Å²) in [6, 6.07) is 5.66. The molecule has 0 amide bonds. The average Bonchev–Trinajstić information content (AvgIpc) is 1.85. The molecule has 0 spiro atoms. The maximum absolute atomic E-state index is 5.35. The largest absolute Gasteiger partial charge is 0.393 e. The Labute approximate surface area is 78.9 Å². The predicted octanol–water partition coefficient (Wildman–Crippen LogP) is 1.67. The monoisotopic (exact) mass is 230 g/mol. The van der Waals surface area contributed by atoms with Crippen LogP contribution in [0.15, 0.2) is 22.8 Å². The zero-order valence-electron chi connectivity index (χ0n) is 5.75. The molecule has 0 atom stereocenters. The van der Waals surface area contributed by atoms with E-state index in [0.717, 1.165) is 10.3 Å². The summed E-state index contributed by atoms with van der Waals surface area (Å²) in [6.07, 6.45) is 0.564. The van der Waals surface area contributed by atoms with Gasteiger partial charge in [-0.25, -0.2) is 4.98 Å². The lowest BCUT2D eigenvalue weighted by atomic mass is 10.3. The number of hydrogen-bond donors (Lipinski definition) is 1. The van der Waals surface area contributed by atoms with Crippen LogP contribution in [-0.4, -0.2) is 9.97 Å². The van der Waals surface area contributed by atoms with Crippen LogP contribution in [0.2, 0.25) is 0 Å². The smallest absolute Gasteiger partial charge is 0.106 e. The molecule has 0 fully saturated rings. The third-order valence-corrected chi connectivity index (χ3v) is 1.71. The molecule has 0 aliphatic heterocycles. The zero-order chi connectivity index (χ0) is 8.27. The normalized spacial score (nSPS) is 9.55. The van der Waals surface area contributed by atoms with Crippen molar-refractivity contribution in [2.75, 3.05) is 0 Å². The van der Waals surface area contributed by atoms with E-state index in [2.05, 4.69) is 20.9 Å². The van der Waals surface area contributed by atoms with Gasteiger partial charge in [0.05, 0.1) is 4.99 Å². The van der Waals surface area contributed by atoms with Crippen LogP contribution >= 0.6 is 28.1 Å². The molecule has 0 unspecified atom stereocenters. The molecular formula is C7H7BrN2S. The van der Waals surface area contributed by atoms with Gasteiger partial charge in [0.1, 0.15) is 4.60 Å². The predicted molar refractivity (Wildman–Crippen MR) is 52.4 cm³/mol. The third-order valence-electron chi connectivity index (χ3n) is 1.13. The second-order valence-electron chi connectivity index (χ2n) is 2.09. The average molecular weight is 231 g/mol. The first-order valence-corrected chi connectivity index (χ1v) is 4.28. The number of aromatic nitrogens is 1. The van der Waals surface area contributed by atoms with E-state index in [-0.39, 0.29) is 0 Å². The molecule has 1 heterocycles. The fraction of sp³-hybridized carbons (Fsp3) is 0.143. The standard InChI is InChI=1S/C7H7BrN2S/c8-6-3-1-2-5(10-6)4-7(9)11/h1-3H,4H2,(H2,9,11). The first-order chi connectivity index (χ1) is 5.18. The molecule has 1 aromatic rings. The Hall–Kier alpha value is -0.480. The van der Waals surface area contributed by atoms with E-state index in [1.165, 1.54) is 0 Å². The Kier molecular flexibility index (Phi) is 2.96. The topological polar surface area (TPSA) is 38.9 Å². The minimum atomic E-state index is 0.468. The Morgan fingerprint density at radius 3 is 2.91 bits per heavy atom. The molecule has 4 heteroatoms.